The standard InChI is InChI=1S/C11H18F3N5/c1-3-5-19(6-11(12,13)14)10-8(4-2)9(18-15)16-7-17-10/h7H,3-6,15H2,1-2H3,(H,16,17,18). The smallest absolute Gasteiger partial charge is 0.347 e. The Bertz CT molecular complexity index is 408. The molecule has 1 rings (SSSR count). The highest BCUT2D eigenvalue weighted by Gasteiger charge is 2.32. The maximum Gasteiger partial charge on any atom is 0.405 e. The maximum absolute atomic E-state index is 12.6. The van der Waals surface area contributed by atoms with Gasteiger partial charge in [0.1, 0.15) is 24.5 Å². The SMILES string of the molecule is CCCN(CC(F)(F)F)c1ncnc(NN)c1CC. The molecule has 0 amide bonds. The summed E-state index contributed by atoms with van der Waals surface area (Å²) in [5.74, 6) is 5.95. The van der Waals surface area contributed by atoms with Gasteiger partial charge in [0.05, 0.1) is 0 Å². The van der Waals surface area contributed by atoms with Gasteiger partial charge in [-0.3, -0.25) is 0 Å². The van der Waals surface area contributed by atoms with Crippen LogP contribution in [0, 0.1) is 0 Å². The van der Waals surface area contributed by atoms with Crippen molar-refractivity contribution >= 4 is 11.6 Å². The molecule has 0 atom stereocenters. The Morgan fingerprint density at radius 1 is 1.32 bits per heavy atom. The van der Waals surface area contributed by atoms with Crippen LogP contribution in [0.2, 0.25) is 0 Å². The number of hydrogen-bond donors (Lipinski definition) is 2. The van der Waals surface area contributed by atoms with Crippen LogP contribution in [0.1, 0.15) is 25.8 Å². The molecule has 1 aromatic heterocycles. The van der Waals surface area contributed by atoms with Crippen LogP contribution in [0.25, 0.3) is 0 Å². The van der Waals surface area contributed by atoms with Crippen LogP contribution in [-0.2, 0) is 6.42 Å². The molecule has 1 aromatic rings. The lowest BCUT2D eigenvalue weighted by Crippen LogP contribution is -2.36. The third kappa shape index (κ3) is 4.23. The Labute approximate surface area is 110 Å². The predicted octanol–water partition coefficient (Wildman–Crippen LogP) is 2.10. The third-order valence-corrected chi connectivity index (χ3v) is 2.58. The Morgan fingerprint density at radius 3 is 2.47 bits per heavy atom. The van der Waals surface area contributed by atoms with Crippen molar-refractivity contribution in [3.8, 4) is 0 Å². The minimum Gasteiger partial charge on any atom is -0.347 e. The van der Waals surface area contributed by atoms with Gasteiger partial charge in [-0.25, -0.2) is 15.8 Å². The summed E-state index contributed by atoms with van der Waals surface area (Å²) in [6.07, 6.45) is -1.98. The number of hydrogen-bond acceptors (Lipinski definition) is 5. The summed E-state index contributed by atoms with van der Waals surface area (Å²) < 4.78 is 37.8. The number of nitrogen functional groups attached to an aromatic ring is 1. The second-order valence-electron chi connectivity index (χ2n) is 4.06. The average molecular weight is 277 g/mol. The number of hydrazine groups is 1. The van der Waals surface area contributed by atoms with E-state index in [0.29, 0.717) is 24.2 Å². The van der Waals surface area contributed by atoms with Crippen molar-refractivity contribution in [1.82, 2.24) is 9.97 Å². The third-order valence-electron chi connectivity index (χ3n) is 2.58. The van der Waals surface area contributed by atoms with E-state index in [2.05, 4.69) is 15.4 Å². The molecule has 0 aliphatic rings. The van der Waals surface area contributed by atoms with Crippen molar-refractivity contribution in [2.45, 2.75) is 32.9 Å². The predicted molar refractivity (Wildman–Crippen MR) is 67.8 cm³/mol. The molecule has 0 saturated carbocycles. The molecule has 0 radical (unpaired) electrons. The second-order valence-corrected chi connectivity index (χ2v) is 4.06. The first-order chi connectivity index (χ1) is 8.92. The number of alkyl halides is 3. The van der Waals surface area contributed by atoms with Crippen LogP contribution >= 0.6 is 0 Å². The van der Waals surface area contributed by atoms with E-state index in [9.17, 15) is 13.2 Å². The van der Waals surface area contributed by atoms with Gasteiger partial charge in [0.2, 0.25) is 0 Å². The Hall–Kier alpha value is -1.57. The van der Waals surface area contributed by atoms with Gasteiger partial charge in [-0.15, -0.1) is 0 Å². The molecule has 0 aliphatic heterocycles. The first-order valence-electron chi connectivity index (χ1n) is 6.05. The van der Waals surface area contributed by atoms with Crippen LogP contribution in [0.4, 0.5) is 24.8 Å². The van der Waals surface area contributed by atoms with Crippen molar-refractivity contribution in [3.05, 3.63) is 11.9 Å². The summed E-state index contributed by atoms with van der Waals surface area (Å²) in [6, 6.07) is 0. The van der Waals surface area contributed by atoms with Gasteiger partial charge in [0.15, 0.2) is 0 Å². The van der Waals surface area contributed by atoms with Gasteiger partial charge >= 0.3 is 6.18 Å². The van der Waals surface area contributed by atoms with E-state index in [1.54, 1.807) is 0 Å². The first kappa shape index (κ1) is 15.5. The largest absolute Gasteiger partial charge is 0.405 e. The number of anilines is 2. The Morgan fingerprint density at radius 2 is 2.00 bits per heavy atom. The number of nitrogens with zero attached hydrogens (tertiary/aromatic N) is 3. The van der Waals surface area contributed by atoms with Crippen LogP contribution < -0.4 is 16.2 Å². The summed E-state index contributed by atoms with van der Waals surface area (Å²) in [4.78, 5) is 9.10. The van der Waals surface area contributed by atoms with Crippen molar-refractivity contribution in [2.75, 3.05) is 23.4 Å². The molecule has 108 valence electrons. The maximum atomic E-state index is 12.6. The Balaban J connectivity index is 3.14. The van der Waals surface area contributed by atoms with E-state index in [-0.39, 0.29) is 12.4 Å². The van der Waals surface area contributed by atoms with Gasteiger partial charge in [-0.1, -0.05) is 13.8 Å². The Kier molecular flexibility index (Phi) is 5.34. The lowest BCUT2D eigenvalue weighted by molar-refractivity contribution is -0.119. The number of rotatable bonds is 6. The number of halogens is 3. The van der Waals surface area contributed by atoms with E-state index in [0.717, 1.165) is 0 Å². The fourth-order valence-corrected chi connectivity index (χ4v) is 1.87. The van der Waals surface area contributed by atoms with Crippen LogP contribution in [0.15, 0.2) is 6.33 Å². The molecule has 0 saturated heterocycles. The number of nitrogens with one attached hydrogen (secondary N) is 1. The molecule has 0 aromatic carbocycles. The average Bonchev–Trinajstić information content (AvgIpc) is 2.35. The van der Waals surface area contributed by atoms with Crippen molar-refractivity contribution in [3.63, 3.8) is 0 Å². The van der Waals surface area contributed by atoms with Gasteiger partial charge in [-0.05, 0) is 12.8 Å². The highest BCUT2D eigenvalue weighted by Crippen LogP contribution is 2.27. The van der Waals surface area contributed by atoms with Crippen molar-refractivity contribution < 1.29 is 13.2 Å². The van der Waals surface area contributed by atoms with Crippen LogP contribution in [0.3, 0.4) is 0 Å². The van der Waals surface area contributed by atoms with E-state index in [1.807, 2.05) is 13.8 Å². The molecule has 1 heterocycles. The topological polar surface area (TPSA) is 67.1 Å². The molecule has 8 heteroatoms. The molecule has 0 spiro atoms. The molecule has 19 heavy (non-hydrogen) atoms. The first-order valence-corrected chi connectivity index (χ1v) is 6.05. The quantitative estimate of drug-likeness (QED) is 0.615. The molecule has 5 nitrogen and oxygen atoms in total. The molecular formula is C11H18F3N5. The van der Waals surface area contributed by atoms with Crippen molar-refractivity contribution in [1.29, 1.82) is 0 Å². The van der Waals surface area contributed by atoms with E-state index in [1.165, 1.54) is 11.2 Å². The molecular weight excluding hydrogens is 259 g/mol. The zero-order valence-corrected chi connectivity index (χ0v) is 11.0. The zero-order valence-electron chi connectivity index (χ0n) is 11.0. The number of nitrogens with two attached hydrogens (primary N) is 1. The summed E-state index contributed by atoms with van der Waals surface area (Å²) in [6.45, 7) is 2.88. The monoisotopic (exact) mass is 277 g/mol. The molecule has 3 N–H and O–H groups in total. The summed E-state index contributed by atoms with van der Waals surface area (Å²) in [7, 11) is 0. The number of aromatic nitrogens is 2. The van der Waals surface area contributed by atoms with Gasteiger partial charge in [0.25, 0.3) is 0 Å². The van der Waals surface area contributed by atoms with Crippen LogP contribution in [-0.4, -0.2) is 29.2 Å². The summed E-state index contributed by atoms with van der Waals surface area (Å²) in [5.41, 5.74) is 2.97. The van der Waals surface area contributed by atoms with Gasteiger partial charge in [-0.2, -0.15) is 13.2 Å². The minimum atomic E-state index is -4.28. The molecule has 0 aliphatic carbocycles. The minimum absolute atomic E-state index is 0.271. The molecule has 0 unspecified atom stereocenters. The lowest BCUT2D eigenvalue weighted by Gasteiger charge is -2.26. The lowest BCUT2D eigenvalue weighted by atomic mass is 10.2. The highest BCUT2D eigenvalue weighted by atomic mass is 19.4. The fourth-order valence-electron chi connectivity index (χ4n) is 1.87. The van der Waals surface area contributed by atoms with E-state index < -0.39 is 12.7 Å². The highest BCUT2D eigenvalue weighted by molar-refractivity contribution is 5.58. The summed E-state index contributed by atoms with van der Waals surface area (Å²) >= 11 is 0. The van der Waals surface area contributed by atoms with E-state index >= 15 is 0 Å². The molecule has 0 fully saturated rings. The second kappa shape index (κ2) is 6.55. The zero-order chi connectivity index (χ0) is 14.5. The molecule has 0 bridgehead atoms. The fraction of sp³-hybridized carbons (Fsp3) is 0.636. The van der Waals surface area contributed by atoms with E-state index in [4.69, 9.17) is 5.84 Å². The van der Waals surface area contributed by atoms with Gasteiger partial charge in [0, 0.05) is 12.1 Å². The normalized spacial score (nSPS) is 11.5. The summed E-state index contributed by atoms with van der Waals surface area (Å²) in [5, 5.41) is 0. The van der Waals surface area contributed by atoms with Gasteiger partial charge < -0.3 is 10.3 Å². The van der Waals surface area contributed by atoms with Crippen molar-refractivity contribution in [2.24, 2.45) is 5.84 Å². The van der Waals surface area contributed by atoms with Crippen LogP contribution in [0.5, 0.6) is 0 Å².